The third-order valence-electron chi connectivity index (χ3n) is 2.50. The summed E-state index contributed by atoms with van der Waals surface area (Å²) in [5.41, 5.74) is 0.781. The van der Waals surface area contributed by atoms with E-state index in [1.54, 1.807) is 4.68 Å². The molecular formula is C14H21N3O. The lowest BCUT2D eigenvalue weighted by Crippen LogP contribution is -2.07. The number of hydrogen-bond acceptors (Lipinski definition) is 2. The minimum Gasteiger partial charge on any atom is -0.308 e. The molecule has 1 N–H and O–H groups in total. The molecule has 0 aliphatic heterocycles. The van der Waals surface area contributed by atoms with Gasteiger partial charge in [0, 0.05) is 26.6 Å². The van der Waals surface area contributed by atoms with E-state index in [-0.39, 0.29) is 5.91 Å². The molecule has 0 bridgehead atoms. The number of nitrogens with one attached hydrogen (secondary N) is 1. The van der Waals surface area contributed by atoms with Crippen LogP contribution in [-0.4, -0.2) is 15.7 Å². The van der Waals surface area contributed by atoms with E-state index in [4.69, 9.17) is 0 Å². The van der Waals surface area contributed by atoms with Gasteiger partial charge in [-0.15, -0.1) is 0 Å². The first-order valence-corrected chi connectivity index (χ1v) is 6.43. The summed E-state index contributed by atoms with van der Waals surface area (Å²) < 4.78 is 1.66. The Morgan fingerprint density at radius 1 is 1.44 bits per heavy atom. The number of nitrogens with zero attached hydrogens (tertiary/aromatic N) is 2. The van der Waals surface area contributed by atoms with Crippen LogP contribution >= 0.6 is 0 Å². The monoisotopic (exact) mass is 247 g/mol. The number of carbonyl (C=O) groups excluding carboxylic acids is 1. The molecule has 1 heterocycles. The van der Waals surface area contributed by atoms with E-state index in [2.05, 4.69) is 29.2 Å². The van der Waals surface area contributed by atoms with Crippen molar-refractivity contribution in [1.29, 1.82) is 0 Å². The van der Waals surface area contributed by atoms with E-state index in [9.17, 15) is 4.79 Å². The molecule has 0 spiro atoms. The average molecular weight is 247 g/mol. The van der Waals surface area contributed by atoms with Crippen molar-refractivity contribution in [2.75, 3.05) is 5.32 Å². The largest absolute Gasteiger partial charge is 0.308 e. The van der Waals surface area contributed by atoms with Gasteiger partial charge >= 0.3 is 0 Å². The number of rotatable bonds is 5. The lowest BCUT2D eigenvalue weighted by molar-refractivity contribution is -0.114. The zero-order valence-corrected chi connectivity index (χ0v) is 11.4. The maximum atomic E-state index is 11.0. The summed E-state index contributed by atoms with van der Waals surface area (Å²) in [6, 6.07) is 0. The third kappa shape index (κ3) is 5.05. The van der Waals surface area contributed by atoms with Crippen molar-refractivity contribution in [3.05, 3.63) is 11.8 Å². The Bertz CT molecular complexity index is 451. The van der Waals surface area contributed by atoms with E-state index >= 15 is 0 Å². The molecule has 1 amide bonds. The van der Waals surface area contributed by atoms with Crippen LogP contribution in [0.25, 0.3) is 0 Å². The highest BCUT2D eigenvalue weighted by Gasteiger charge is 2.06. The van der Waals surface area contributed by atoms with Gasteiger partial charge in [-0.1, -0.05) is 38.0 Å². The fraction of sp³-hybridized carbons (Fsp3) is 0.571. The maximum Gasteiger partial charge on any atom is 0.222 e. The van der Waals surface area contributed by atoms with Crippen molar-refractivity contribution < 1.29 is 4.79 Å². The Morgan fingerprint density at radius 2 is 2.22 bits per heavy atom. The molecule has 0 saturated heterocycles. The number of aromatic nitrogens is 2. The molecule has 0 aliphatic rings. The number of unbranched alkanes of at least 4 members (excludes halogenated alkanes) is 4. The second-order valence-corrected chi connectivity index (χ2v) is 4.36. The van der Waals surface area contributed by atoms with Gasteiger partial charge in [-0.05, 0) is 6.42 Å². The summed E-state index contributed by atoms with van der Waals surface area (Å²) >= 11 is 0. The molecule has 0 atom stereocenters. The Balaban J connectivity index is 2.55. The van der Waals surface area contributed by atoms with Crippen molar-refractivity contribution >= 4 is 11.7 Å². The van der Waals surface area contributed by atoms with Crippen LogP contribution in [-0.2, 0) is 11.8 Å². The first-order chi connectivity index (χ1) is 8.63. The van der Waals surface area contributed by atoms with Gasteiger partial charge in [0.25, 0.3) is 0 Å². The fourth-order valence-corrected chi connectivity index (χ4v) is 1.64. The third-order valence-corrected chi connectivity index (χ3v) is 2.50. The summed E-state index contributed by atoms with van der Waals surface area (Å²) in [6.07, 6.45) is 7.60. The van der Waals surface area contributed by atoms with Gasteiger partial charge in [-0.3, -0.25) is 9.48 Å². The Kier molecular flexibility index (Phi) is 5.99. The molecule has 0 fully saturated rings. The second kappa shape index (κ2) is 7.54. The normalized spacial score (nSPS) is 9.72. The molecule has 18 heavy (non-hydrogen) atoms. The number of amides is 1. The molecule has 0 unspecified atom stereocenters. The Labute approximate surface area is 109 Å². The predicted molar refractivity (Wildman–Crippen MR) is 73.1 cm³/mol. The van der Waals surface area contributed by atoms with E-state index in [0.717, 1.165) is 18.4 Å². The van der Waals surface area contributed by atoms with Crippen LogP contribution in [0.2, 0.25) is 0 Å². The maximum absolute atomic E-state index is 11.0. The van der Waals surface area contributed by atoms with Gasteiger partial charge in [0.1, 0.15) is 0 Å². The van der Waals surface area contributed by atoms with Crippen molar-refractivity contribution in [2.24, 2.45) is 7.05 Å². The van der Waals surface area contributed by atoms with Gasteiger partial charge in [-0.25, -0.2) is 0 Å². The molecular weight excluding hydrogens is 226 g/mol. The second-order valence-electron chi connectivity index (χ2n) is 4.36. The molecule has 1 rings (SSSR count). The van der Waals surface area contributed by atoms with Gasteiger partial charge < -0.3 is 5.32 Å². The van der Waals surface area contributed by atoms with Crippen molar-refractivity contribution in [2.45, 2.75) is 46.0 Å². The van der Waals surface area contributed by atoms with Crippen molar-refractivity contribution in [3.63, 3.8) is 0 Å². The molecule has 98 valence electrons. The van der Waals surface area contributed by atoms with Crippen LogP contribution in [0, 0.1) is 11.8 Å². The molecule has 0 radical (unpaired) electrons. The van der Waals surface area contributed by atoms with Gasteiger partial charge in [0.2, 0.25) is 5.91 Å². The predicted octanol–water partition coefficient (Wildman–Crippen LogP) is 2.70. The van der Waals surface area contributed by atoms with Crippen molar-refractivity contribution in [3.8, 4) is 11.8 Å². The molecule has 0 saturated carbocycles. The van der Waals surface area contributed by atoms with E-state index in [1.807, 2.05) is 13.2 Å². The van der Waals surface area contributed by atoms with E-state index in [0.29, 0.717) is 5.82 Å². The van der Waals surface area contributed by atoms with E-state index in [1.165, 1.54) is 26.2 Å². The summed E-state index contributed by atoms with van der Waals surface area (Å²) in [7, 11) is 1.82. The number of carbonyl (C=O) groups is 1. The highest BCUT2D eigenvalue weighted by Crippen LogP contribution is 2.11. The standard InChI is InChI=1S/C14H21N3O/c1-4-5-6-7-8-9-10-13-11-17(3)16-14(13)15-12(2)18/h11H,4-8H2,1-3H3,(H,15,16,18). The highest BCUT2D eigenvalue weighted by atomic mass is 16.1. The summed E-state index contributed by atoms with van der Waals surface area (Å²) in [5, 5.41) is 6.84. The number of anilines is 1. The molecule has 4 nitrogen and oxygen atoms in total. The van der Waals surface area contributed by atoms with Crippen LogP contribution in [0.15, 0.2) is 6.20 Å². The first kappa shape index (κ1) is 14.3. The lowest BCUT2D eigenvalue weighted by Gasteiger charge is -1.96. The fourth-order valence-electron chi connectivity index (χ4n) is 1.64. The highest BCUT2D eigenvalue weighted by molar-refractivity contribution is 5.88. The van der Waals surface area contributed by atoms with E-state index < -0.39 is 0 Å². The van der Waals surface area contributed by atoms with Crippen LogP contribution in [0.5, 0.6) is 0 Å². The van der Waals surface area contributed by atoms with Crippen LogP contribution in [0.1, 0.15) is 51.5 Å². The first-order valence-electron chi connectivity index (χ1n) is 6.43. The summed E-state index contributed by atoms with van der Waals surface area (Å²) in [5.74, 6) is 6.62. The summed E-state index contributed by atoms with van der Waals surface area (Å²) in [6.45, 7) is 3.66. The Morgan fingerprint density at radius 3 is 2.89 bits per heavy atom. The minimum atomic E-state index is -0.125. The zero-order chi connectivity index (χ0) is 13.4. The number of hydrogen-bond donors (Lipinski definition) is 1. The topological polar surface area (TPSA) is 46.9 Å². The quantitative estimate of drug-likeness (QED) is 0.642. The van der Waals surface area contributed by atoms with Crippen LogP contribution in [0.4, 0.5) is 5.82 Å². The SMILES string of the molecule is CCCCCCC#Cc1cn(C)nc1NC(C)=O. The van der Waals surface area contributed by atoms with Gasteiger partial charge in [-0.2, -0.15) is 5.10 Å². The Hall–Kier alpha value is -1.76. The smallest absolute Gasteiger partial charge is 0.222 e. The minimum absolute atomic E-state index is 0.125. The van der Waals surface area contributed by atoms with Crippen LogP contribution in [0.3, 0.4) is 0 Å². The molecule has 4 heteroatoms. The molecule has 0 aromatic carbocycles. The molecule has 0 aliphatic carbocycles. The van der Waals surface area contributed by atoms with Gasteiger partial charge in [0.15, 0.2) is 5.82 Å². The zero-order valence-electron chi connectivity index (χ0n) is 11.4. The van der Waals surface area contributed by atoms with Gasteiger partial charge in [0.05, 0.1) is 5.56 Å². The lowest BCUT2D eigenvalue weighted by atomic mass is 10.1. The van der Waals surface area contributed by atoms with Crippen molar-refractivity contribution in [1.82, 2.24) is 9.78 Å². The molecule has 1 aromatic rings. The average Bonchev–Trinajstić information content (AvgIpc) is 2.63. The van der Waals surface area contributed by atoms with Crippen LogP contribution < -0.4 is 5.32 Å². The number of aryl methyl sites for hydroxylation is 1. The summed E-state index contributed by atoms with van der Waals surface area (Å²) in [4.78, 5) is 11.0. The molecule has 1 aromatic heterocycles.